The van der Waals surface area contributed by atoms with Crippen LogP contribution in [0.25, 0.3) is 0 Å². The number of benzene rings is 2. The lowest BCUT2D eigenvalue weighted by Crippen LogP contribution is -2.30. The maximum atomic E-state index is 3.84. The maximum absolute atomic E-state index is 3.84. The first-order valence-electron chi connectivity index (χ1n) is 13.6. The quantitative estimate of drug-likeness (QED) is 0.166. The van der Waals surface area contributed by atoms with Crippen molar-refractivity contribution in [2.24, 2.45) is 0 Å². The summed E-state index contributed by atoms with van der Waals surface area (Å²) in [5.41, 5.74) is 7.33. The van der Waals surface area contributed by atoms with Gasteiger partial charge in [-0.2, -0.15) is 0 Å². The molecule has 0 saturated carbocycles. The predicted octanol–water partition coefficient (Wildman–Crippen LogP) is 9.04. The van der Waals surface area contributed by atoms with Crippen LogP contribution in [0.2, 0.25) is 0 Å². The fourth-order valence-electron chi connectivity index (χ4n) is 4.64. The van der Waals surface area contributed by atoms with E-state index in [0.717, 1.165) is 25.9 Å². The Morgan fingerprint density at radius 2 is 1.51 bits per heavy atom. The minimum Gasteiger partial charge on any atom is -0.309 e. The van der Waals surface area contributed by atoms with Gasteiger partial charge in [0.15, 0.2) is 0 Å². The Labute approximate surface area is 219 Å². The van der Waals surface area contributed by atoms with Crippen molar-refractivity contribution in [1.82, 2.24) is 10.0 Å². The standard InChI is InChI=1S/C32H46N2S/c1-23(2)28-20-29(24(3)4)32(30(21-28)25(5)6)35-34-22-31(27-17-11-8-12-18-27)33-19-13-16-26-14-9-7-10-15-26/h7-9,11-12,15,17-18,20-21,23-25,31,33-34H,10,13-14,16,19,22H2,1-6H3/t31-/m1/s1. The van der Waals surface area contributed by atoms with Crippen molar-refractivity contribution >= 4 is 11.9 Å². The number of hydrogen-bond donors (Lipinski definition) is 2. The van der Waals surface area contributed by atoms with Crippen LogP contribution >= 0.6 is 11.9 Å². The Balaban J connectivity index is 1.67. The molecule has 2 aromatic rings. The second-order valence-electron chi connectivity index (χ2n) is 10.7. The Morgan fingerprint density at radius 3 is 2.09 bits per heavy atom. The van der Waals surface area contributed by atoms with E-state index in [1.165, 1.54) is 40.0 Å². The van der Waals surface area contributed by atoms with Crippen molar-refractivity contribution in [1.29, 1.82) is 0 Å². The highest BCUT2D eigenvalue weighted by molar-refractivity contribution is 7.97. The maximum Gasteiger partial charge on any atom is 0.0456 e. The van der Waals surface area contributed by atoms with Crippen LogP contribution in [0, 0.1) is 0 Å². The number of rotatable bonds is 13. The molecule has 0 amide bonds. The average Bonchev–Trinajstić information content (AvgIpc) is 2.86. The molecule has 0 radical (unpaired) electrons. The zero-order valence-corrected chi connectivity index (χ0v) is 23.6. The molecule has 3 rings (SSSR count). The van der Waals surface area contributed by atoms with Crippen molar-refractivity contribution < 1.29 is 0 Å². The zero-order chi connectivity index (χ0) is 25.2. The summed E-state index contributed by atoms with van der Waals surface area (Å²) in [7, 11) is 0. The van der Waals surface area contributed by atoms with Gasteiger partial charge in [-0.1, -0.05) is 108 Å². The van der Waals surface area contributed by atoms with Crippen molar-refractivity contribution in [2.75, 3.05) is 13.1 Å². The summed E-state index contributed by atoms with van der Waals surface area (Å²) in [4.78, 5) is 1.42. The van der Waals surface area contributed by atoms with Crippen molar-refractivity contribution in [2.45, 2.75) is 95.9 Å². The number of allylic oxidation sites excluding steroid dienone is 4. The Bertz CT molecular complexity index is 943. The SMILES string of the molecule is CC(C)c1cc(C(C)C)c(SNC[C@@H](NCCCC2=CCC=CC2)c2ccccc2)c(C(C)C)c1. The molecule has 0 bridgehead atoms. The van der Waals surface area contributed by atoms with Crippen molar-refractivity contribution in [3.8, 4) is 0 Å². The fraction of sp³-hybridized carbons (Fsp3) is 0.500. The monoisotopic (exact) mass is 490 g/mol. The lowest BCUT2D eigenvalue weighted by molar-refractivity contribution is 0.519. The summed E-state index contributed by atoms with van der Waals surface area (Å²) in [6.45, 7) is 15.8. The molecule has 0 heterocycles. The van der Waals surface area contributed by atoms with Crippen molar-refractivity contribution in [3.05, 3.63) is 88.5 Å². The Hall–Kier alpha value is -1.81. The molecule has 3 heteroatoms. The number of hydrogen-bond acceptors (Lipinski definition) is 3. The number of nitrogens with one attached hydrogen (secondary N) is 2. The summed E-state index contributed by atoms with van der Waals surface area (Å²) in [6, 6.07) is 16.1. The molecule has 1 aliphatic carbocycles. The normalized spacial score (nSPS) is 14.7. The van der Waals surface area contributed by atoms with Gasteiger partial charge in [0.1, 0.15) is 0 Å². The Morgan fingerprint density at radius 1 is 0.829 bits per heavy atom. The minimum atomic E-state index is 0.295. The van der Waals surface area contributed by atoms with Gasteiger partial charge in [0.2, 0.25) is 0 Å². The highest BCUT2D eigenvalue weighted by atomic mass is 32.2. The first kappa shape index (κ1) is 27.8. The summed E-state index contributed by atoms with van der Waals surface area (Å²) >= 11 is 1.83. The van der Waals surface area contributed by atoms with E-state index in [2.05, 4.69) is 112 Å². The lowest BCUT2D eigenvalue weighted by atomic mass is 9.89. The molecule has 0 fully saturated rings. The van der Waals surface area contributed by atoms with Gasteiger partial charge in [-0.3, -0.25) is 4.72 Å². The van der Waals surface area contributed by atoms with Gasteiger partial charge in [0, 0.05) is 17.5 Å². The van der Waals surface area contributed by atoms with Gasteiger partial charge in [0.05, 0.1) is 0 Å². The summed E-state index contributed by atoms with van der Waals surface area (Å²) < 4.78 is 3.76. The van der Waals surface area contributed by atoms with Crippen molar-refractivity contribution in [3.63, 3.8) is 0 Å². The molecular formula is C32H46N2S. The molecule has 190 valence electrons. The predicted molar refractivity (Wildman–Crippen MR) is 155 cm³/mol. The molecule has 0 aliphatic heterocycles. The Kier molecular flexibility index (Phi) is 11.2. The molecule has 0 spiro atoms. The third-order valence-corrected chi connectivity index (χ3v) is 7.88. The van der Waals surface area contributed by atoms with E-state index in [1.54, 1.807) is 5.57 Å². The first-order valence-corrected chi connectivity index (χ1v) is 14.4. The van der Waals surface area contributed by atoms with Crippen LogP contribution in [0.1, 0.15) is 113 Å². The van der Waals surface area contributed by atoms with E-state index >= 15 is 0 Å². The molecule has 2 aromatic carbocycles. The molecular weight excluding hydrogens is 444 g/mol. The van der Waals surface area contributed by atoms with Gasteiger partial charge in [0.25, 0.3) is 0 Å². The smallest absolute Gasteiger partial charge is 0.0456 e. The van der Waals surface area contributed by atoms with Crippen LogP contribution in [-0.2, 0) is 0 Å². The summed E-state index contributed by atoms with van der Waals surface area (Å²) in [5, 5.41) is 3.84. The fourth-order valence-corrected chi connectivity index (χ4v) is 5.86. The molecule has 0 saturated heterocycles. The van der Waals surface area contributed by atoms with E-state index in [0.29, 0.717) is 23.8 Å². The molecule has 1 atom stereocenters. The van der Waals surface area contributed by atoms with Crippen LogP contribution in [0.4, 0.5) is 0 Å². The molecule has 35 heavy (non-hydrogen) atoms. The molecule has 0 unspecified atom stereocenters. The topological polar surface area (TPSA) is 24.1 Å². The van der Waals surface area contributed by atoms with E-state index in [-0.39, 0.29) is 0 Å². The van der Waals surface area contributed by atoms with Gasteiger partial charge >= 0.3 is 0 Å². The van der Waals surface area contributed by atoms with Gasteiger partial charge in [-0.25, -0.2) is 0 Å². The lowest BCUT2D eigenvalue weighted by Gasteiger charge is -2.24. The zero-order valence-electron chi connectivity index (χ0n) is 22.7. The van der Waals surface area contributed by atoms with Crippen LogP contribution in [0.5, 0.6) is 0 Å². The van der Waals surface area contributed by atoms with Crippen LogP contribution < -0.4 is 10.0 Å². The second-order valence-corrected chi connectivity index (χ2v) is 11.6. The first-order chi connectivity index (χ1) is 16.9. The highest BCUT2D eigenvalue weighted by Gasteiger charge is 2.19. The third-order valence-electron chi connectivity index (χ3n) is 6.90. The van der Waals surface area contributed by atoms with E-state index in [1.807, 2.05) is 11.9 Å². The van der Waals surface area contributed by atoms with E-state index < -0.39 is 0 Å². The van der Waals surface area contributed by atoms with Gasteiger partial charge in [-0.15, -0.1) is 0 Å². The average molecular weight is 491 g/mol. The van der Waals surface area contributed by atoms with Crippen LogP contribution in [-0.4, -0.2) is 13.1 Å². The molecule has 1 aliphatic rings. The van der Waals surface area contributed by atoms with Gasteiger partial charge in [-0.05, 0) is 84.2 Å². The molecule has 2 N–H and O–H groups in total. The third kappa shape index (κ3) is 8.37. The van der Waals surface area contributed by atoms with E-state index in [9.17, 15) is 0 Å². The summed E-state index contributed by atoms with van der Waals surface area (Å²) in [5.74, 6) is 1.55. The van der Waals surface area contributed by atoms with Crippen LogP contribution in [0.15, 0.2) is 71.2 Å². The summed E-state index contributed by atoms with van der Waals surface area (Å²) in [6.07, 6.45) is 11.6. The van der Waals surface area contributed by atoms with Crippen LogP contribution in [0.3, 0.4) is 0 Å². The second kappa shape index (κ2) is 14.1. The largest absolute Gasteiger partial charge is 0.309 e. The molecule has 0 aromatic heterocycles. The minimum absolute atomic E-state index is 0.295. The van der Waals surface area contributed by atoms with E-state index in [4.69, 9.17) is 0 Å². The molecule has 2 nitrogen and oxygen atoms in total. The van der Waals surface area contributed by atoms with Gasteiger partial charge < -0.3 is 5.32 Å². The highest BCUT2D eigenvalue weighted by Crippen LogP contribution is 2.37.